The number of fused-ring (bicyclic) bond motifs is 4. The Balaban J connectivity index is 1.40. The zero-order valence-electron chi connectivity index (χ0n) is 17.5. The Labute approximate surface area is 186 Å². The number of carbonyl (C=O) groups is 3. The van der Waals surface area contributed by atoms with Gasteiger partial charge >= 0.3 is 6.03 Å². The number of rotatable bonds is 5. The first-order valence-electron chi connectivity index (χ1n) is 10.3. The van der Waals surface area contributed by atoms with E-state index in [-0.39, 0.29) is 31.4 Å². The molecule has 0 bridgehead atoms. The molecule has 1 aromatic carbocycles. The smallest absolute Gasteiger partial charge is 0.322 e. The lowest BCUT2D eigenvalue weighted by molar-refractivity contribution is -0.125. The van der Waals surface area contributed by atoms with E-state index in [0.717, 1.165) is 5.56 Å². The Bertz CT molecular complexity index is 1440. The first kappa shape index (κ1) is 19.5. The summed E-state index contributed by atoms with van der Waals surface area (Å²) < 4.78 is 16.8. The molecule has 0 radical (unpaired) electrons. The summed E-state index contributed by atoms with van der Waals surface area (Å²) in [6, 6.07) is 9.83. The summed E-state index contributed by atoms with van der Waals surface area (Å²) in [5.41, 5.74) is 1.35. The molecule has 1 saturated heterocycles. The van der Waals surface area contributed by atoms with E-state index in [1.54, 1.807) is 37.6 Å². The molecule has 166 valence electrons. The van der Waals surface area contributed by atoms with Gasteiger partial charge in [-0.15, -0.1) is 0 Å². The Kier molecular flexibility index (Phi) is 4.08. The molecule has 1 atom stereocenters. The van der Waals surface area contributed by atoms with Crippen LogP contribution in [0.3, 0.4) is 0 Å². The van der Waals surface area contributed by atoms with E-state index >= 15 is 0 Å². The van der Waals surface area contributed by atoms with Gasteiger partial charge in [-0.05, 0) is 29.8 Å². The van der Waals surface area contributed by atoms with Gasteiger partial charge in [0.2, 0.25) is 0 Å². The van der Waals surface area contributed by atoms with Crippen LogP contribution < -0.4 is 10.6 Å². The number of hydrogen-bond donors (Lipinski definition) is 2. The van der Waals surface area contributed by atoms with Crippen LogP contribution in [0, 0.1) is 0 Å². The van der Waals surface area contributed by atoms with Crippen molar-refractivity contribution < 1.29 is 28.0 Å². The van der Waals surface area contributed by atoms with Crippen molar-refractivity contribution in [2.45, 2.75) is 18.7 Å². The minimum absolute atomic E-state index is 0.109. The van der Waals surface area contributed by atoms with E-state index in [1.807, 2.05) is 12.1 Å². The number of imide groups is 1. The van der Waals surface area contributed by atoms with Crippen molar-refractivity contribution >= 4 is 39.9 Å². The summed E-state index contributed by atoms with van der Waals surface area (Å²) >= 11 is 0. The normalized spacial score (nSPS) is 20.0. The van der Waals surface area contributed by atoms with Crippen LogP contribution in [0.2, 0.25) is 0 Å². The van der Waals surface area contributed by atoms with Crippen molar-refractivity contribution in [3.8, 4) is 0 Å². The van der Waals surface area contributed by atoms with Gasteiger partial charge in [0.1, 0.15) is 29.2 Å². The molecule has 0 aliphatic carbocycles. The molecular weight excluding hydrogens is 428 g/mol. The predicted octanol–water partition coefficient (Wildman–Crippen LogP) is 2.41. The average molecular weight is 446 g/mol. The van der Waals surface area contributed by atoms with Crippen LogP contribution in [0.5, 0.6) is 0 Å². The first-order valence-corrected chi connectivity index (χ1v) is 10.3. The van der Waals surface area contributed by atoms with E-state index in [0.29, 0.717) is 33.4 Å². The SMILES string of the molecule is COCc1cc2c3c(ccc2o1)CN(C[C@@]1(c2cc4ncccc4o2)NC(=O)NC1=O)C3=O. The fraction of sp³-hybridized carbons (Fsp3) is 0.217. The summed E-state index contributed by atoms with van der Waals surface area (Å²) in [5, 5.41) is 5.64. The van der Waals surface area contributed by atoms with Crippen molar-refractivity contribution in [3.63, 3.8) is 0 Å². The van der Waals surface area contributed by atoms with E-state index in [2.05, 4.69) is 15.6 Å². The third-order valence-corrected chi connectivity index (χ3v) is 6.06. The number of aromatic nitrogens is 1. The molecule has 2 N–H and O–H groups in total. The summed E-state index contributed by atoms with van der Waals surface area (Å²) in [6.07, 6.45) is 1.61. The van der Waals surface area contributed by atoms with E-state index < -0.39 is 17.5 Å². The molecule has 6 rings (SSSR count). The lowest BCUT2D eigenvalue weighted by Gasteiger charge is -2.29. The van der Waals surface area contributed by atoms with E-state index in [4.69, 9.17) is 13.6 Å². The lowest BCUT2D eigenvalue weighted by Crippen LogP contribution is -2.52. The fourth-order valence-corrected chi connectivity index (χ4v) is 4.59. The van der Waals surface area contributed by atoms with Gasteiger partial charge in [0.25, 0.3) is 11.8 Å². The highest BCUT2D eigenvalue weighted by molar-refractivity contribution is 6.11. The van der Waals surface area contributed by atoms with Gasteiger partial charge in [-0.1, -0.05) is 6.07 Å². The number of pyridine rings is 1. The molecule has 5 heterocycles. The summed E-state index contributed by atoms with van der Waals surface area (Å²) in [6.45, 7) is 0.456. The molecule has 33 heavy (non-hydrogen) atoms. The highest BCUT2D eigenvalue weighted by atomic mass is 16.5. The fourth-order valence-electron chi connectivity index (χ4n) is 4.59. The second-order valence-corrected chi connectivity index (χ2v) is 8.13. The van der Waals surface area contributed by atoms with Crippen LogP contribution in [-0.2, 0) is 28.2 Å². The van der Waals surface area contributed by atoms with Gasteiger partial charge in [-0.25, -0.2) is 4.79 Å². The number of ether oxygens (including phenoxy) is 1. The number of furan rings is 2. The number of amides is 4. The Morgan fingerprint density at radius 3 is 2.79 bits per heavy atom. The molecule has 10 heteroatoms. The van der Waals surface area contributed by atoms with Gasteiger partial charge in [-0.2, -0.15) is 0 Å². The van der Waals surface area contributed by atoms with Gasteiger partial charge in [0.05, 0.1) is 12.1 Å². The predicted molar refractivity (Wildman–Crippen MR) is 114 cm³/mol. The molecule has 4 aromatic rings. The maximum atomic E-state index is 13.5. The zero-order valence-corrected chi connectivity index (χ0v) is 17.5. The minimum atomic E-state index is -1.58. The van der Waals surface area contributed by atoms with Crippen molar-refractivity contribution in [1.29, 1.82) is 0 Å². The lowest BCUT2D eigenvalue weighted by atomic mass is 9.95. The molecule has 0 spiro atoms. The highest BCUT2D eigenvalue weighted by Crippen LogP contribution is 2.36. The minimum Gasteiger partial charge on any atom is -0.459 e. The number of benzene rings is 1. The first-order chi connectivity index (χ1) is 16.0. The number of urea groups is 1. The summed E-state index contributed by atoms with van der Waals surface area (Å²) in [7, 11) is 1.57. The Hall–Kier alpha value is -4.18. The molecule has 10 nitrogen and oxygen atoms in total. The number of carbonyl (C=O) groups excluding carboxylic acids is 3. The Morgan fingerprint density at radius 1 is 1.15 bits per heavy atom. The molecule has 2 aliphatic rings. The quantitative estimate of drug-likeness (QED) is 0.451. The maximum Gasteiger partial charge on any atom is 0.322 e. The van der Waals surface area contributed by atoms with Crippen LogP contribution >= 0.6 is 0 Å². The number of hydrogen-bond acceptors (Lipinski definition) is 7. The van der Waals surface area contributed by atoms with Crippen LogP contribution in [0.15, 0.2) is 51.4 Å². The van der Waals surface area contributed by atoms with E-state index in [9.17, 15) is 14.4 Å². The third-order valence-electron chi connectivity index (χ3n) is 6.06. The van der Waals surface area contributed by atoms with Crippen molar-refractivity contribution in [2.24, 2.45) is 0 Å². The van der Waals surface area contributed by atoms with Crippen LogP contribution in [0.25, 0.3) is 22.1 Å². The summed E-state index contributed by atoms with van der Waals surface area (Å²) in [5.74, 6) is -0.0333. The van der Waals surface area contributed by atoms with Crippen molar-refractivity contribution in [2.75, 3.05) is 13.7 Å². The maximum absolute atomic E-state index is 13.5. The largest absolute Gasteiger partial charge is 0.459 e. The van der Waals surface area contributed by atoms with Crippen LogP contribution in [0.4, 0.5) is 4.79 Å². The van der Waals surface area contributed by atoms with Gasteiger partial charge in [0.15, 0.2) is 11.1 Å². The van der Waals surface area contributed by atoms with Crippen molar-refractivity contribution in [1.82, 2.24) is 20.5 Å². The molecule has 4 amide bonds. The molecule has 0 unspecified atom stereocenters. The molecule has 2 aliphatic heterocycles. The van der Waals surface area contributed by atoms with Gasteiger partial charge in [0, 0.05) is 31.3 Å². The van der Waals surface area contributed by atoms with Crippen molar-refractivity contribution in [3.05, 3.63) is 65.2 Å². The topological polar surface area (TPSA) is 127 Å². The molecule has 1 fully saturated rings. The molecule has 0 saturated carbocycles. The molecular formula is C23H18N4O6. The van der Waals surface area contributed by atoms with Gasteiger partial charge in [-0.3, -0.25) is 19.9 Å². The third kappa shape index (κ3) is 2.84. The van der Waals surface area contributed by atoms with Crippen LogP contribution in [-0.4, -0.2) is 41.4 Å². The second kappa shape index (κ2) is 6.91. The monoisotopic (exact) mass is 446 g/mol. The van der Waals surface area contributed by atoms with Gasteiger partial charge < -0.3 is 23.8 Å². The number of methoxy groups -OCH3 is 1. The average Bonchev–Trinajstić information content (AvgIpc) is 3.53. The number of nitrogens with one attached hydrogen (secondary N) is 2. The standard InChI is InChI=1S/C23H18N4O6/c1-31-10-13-7-14-16(32-13)5-4-12-9-27(20(28)19(12)14)11-23(21(29)25-22(30)26-23)18-8-15-17(33-18)3-2-6-24-15/h2-8H,9-11H2,1H3,(H2,25,26,29,30)/t23-/m0/s1. The zero-order chi connectivity index (χ0) is 22.7. The second-order valence-electron chi connectivity index (χ2n) is 8.13. The Morgan fingerprint density at radius 2 is 2.03 bits per heavy atom. The highest BCUT2D eigenvalue weighted by Gasteiger charge is 2.53. The van der Waals surface area contributed by atoms with Crippen LogP contribution in [0.1, 0.15) is 27.4 Å². The molecule has 3 aromatic heterocycles. The number of nitrogens with zero attached hydrogens (tertiary/aromatic N) is 2. The summed E-state index contributed by atoms with van der Waals surface area (Å²) in [4.78, 5) is 44.4. The van der Waals surface area contributed by atoms with E-state index in [1.165, 1.54) is 4.90 Å².